The van der Waals surface area contributed by atoms with Gasteiger partial charge >= 0.3 is 0 Å². The third-order valence-electron chi connectivity index (χ3n) is 4.82. The minimum absolute atomic E-state index is 0.195. The standard InChI is InChI=1S/C17H26O5/c18-11-14(19)15(20)16(21)17(22,12-7-3-1-4-8-12)13-9-5-2-6-10-13/h1,3-4,7-8,13-16,18-22H,2,5-6,9-11H2/t14-,15-,16+,17+/m1/s1. The highest BCUT2D eigenvalue weighted by molar-refractivity contribution is 5.26. The number of rotatable bonds is 6. The third-order valence-corrected chi connectivity index (χ3v) is 4.82. The van der Waals surface area contributed by atoms with Gasteiger partial charge in [-0.15, -0.1) is 0 Å². The normalized spacial score (nSPS) is 23.5. The first-order valence-electron chi connectivity index (χ1n) is 7.94. The SMILES string of the molecule is OC[C@@H](O)[C@@H](O)[C@H](O)[C@](O)(c1ccccc1)C1CCCCC1. The largest absolute Gasteiger partial charge is 0.394 e. The summed E-state index contributed by atoms with van der Waals surface area (Å²) in [6, 6.07) is 8.79. The third kappa shape index (κ3) is 3.34. The summed E-state index contributed by atoms with van der Waals surface area (Å²) in [5.41, 5.74) is -1.12. The Kier molecular flexibility index (Phi) is 5.94. The van der Waals surface area contributed by atoms with E-state index in [0.717, 1.165) is 32.1 Å². The van der Waals surface area contributed by atoms with E-state index >= 15 is 0 Å². The van der Waals surface area contributed by atoms with Crippen LogP contribution in [-0.2, 0) is 5.60 Å². The first-order chi connectivity index (χ1) is 10.5. The van der Waals surface area contributed by atoms with Crippen molar-refractivity contribution in [2.75, 3.05) is 6.61 Å². The smallest absolute Gasteiger partial charge is 0.121 e. The van der Waals surface area contributed by atoms with Crippen LogP contribution in [0, 0.1) is 5.92 Å². The lowest BCUT2D eigenvalue weighted by molar-refractivity contribution is -0.189. The average molecular weight is 310 g/mol. The topological polar surface area (TPSA) is 101 Å². The fourth-order valence-electron chi connectivity index (χ4n) is 3.47. The van der Waals surface area contributed by atoms with Crippen LogP contribution in [0.25, 0.3) is 0 Å². The highest BCUT2D eigenvalue weighted by atomic mass is 16.4. The molecule has 0 bridgehead atoms. The van der Waals surface area contributed by atoms with E-state index in [1.807, 2.05) is 6.07 Å². The van der Waals surface area contributed by atoms with Crippen LogP contribution in [0.2, 0.25) is 0 Å². The zero-order valence-corrected chi connectivity index (χ0v) is 12.7. The van der Waals surface area contributed by atoms with E-state index in [-0.39, 0.29) is 5.92 Å². The second-order valence-corrected chi connectivity index (χ2v) is 6.21. The van der Waals surface area contributed by atoms with E-state index in [9.17, 15) is 20.4 Å². The maximum atomic E-state index is 11.3. The first-order valence-corrected chi connectivity index (χ1v) is 7.94. The minimum Gasteiger partial charge on any atom is -0.394 e. The number of hydrogen-bond donors (Lipinski definition) is 5. The van der Waals surface area contributed by atoms with Crippen molar-refractivity contribution in [3.63, 3.8) is 0 Å². The zero-order valence-electron chi connectivity index (χ0n) is 12.7. The molecule has 0 unspecified atom stereocenters. The van der Waals surface area contributed by atoms with Crippen molar-refractivity contribution in [3.8, 4) is 0 Å². The van der Waals surface area contributed by atoms with Gasteiger partial charge in [-0.2, -0.15) is 0 Å². The summed E-state index contributed by atoms with van der Waals surface area (Å²) in [7, 11) is 0. The van der Waals surface area contributed by atoms with Crippen molar-refractivity contribution in [1.82, 2.24) is 0 Å². The van der Waals surface area contributed by atoms with Gasteiger partial charge in [0.2, 0.25) is 0 Å². The molecule has 0 amide bonds. The van der Waals surface area contributed by atoms with Crippen molar-refractivity contribution in [3.05, 3.63) is 35.9 Å². The van der Waals surface area contributed by atoms with Gasteiger partial charge in [-0.3, -0.25) is 0 Å². The van der Waals surface area contributed by atoms with Gasteiger partial charge in [-0.1, -0.05) is 49.6 Å². The van der Waals surface area contributed by atoms with E-state index in [0.29, 0.717) is 5.56 Å². The van der Waals surface area contributed by atoms with Gasteiger partial charge < -0.3 is 25.5 Å². The Morgan fingerprint density at radius 2 is 1.59 bits per heavy atom. The molecule has 124 valence electrons. The number of aliphatic hydroxyl groups is 5. The Morgan fingerprint density at radius 3 is 2.14 bits per heavy atom. The number of benzene rings is 1. The maximum absolute atomic E-state index is 11.3. The molecule has 1 fully saturated rings. The molecule has 1 aromatic rings. The lowest BCUT2D eigenvalue weighted by Gasteiger charge is -2.44. The molecule has 1 aliphatic rings. The quantitative estimate of drug-likeness (QED) is 0.528. The van der Waals surface area contributed by atoms with Crippen LogP contribution in [0.5, 0.6) is 0 Å². The fourth-order valence-corrected chi connectivity index (χ4v) is 3.47. The fraction of sp³-hybridized carbons (Fsp3) is 0.647. The number of hydrogen-bond acceptors (Lipinski definition) is 5. The molecule has 5 nitrogen and oxygen atoms in total. The summed E-state index contributed by atoms with van der Waals surface area (Å²) in [6.45, 7) is -0.673. The van der Waals surface area contributed by atoms with Crippen LogP contribution in [0.1, 0.15) is 37.7 Å². The van der Waals surface area contributed by atoms with Crippen molar-refractivity contribution in [2.24, 2.45) is 5.92 Å². The first kappa shape index (κ1) is 17.4. The predicted molar refractivity (Wildman–Crippen MR) is 82.0 cm³/mol. The Bertz CT molecular complexity index is 446. The van der Waals surface area contributed by atoms with E-state index in [1.54, 1.807) is 24.3 Å². The van der Waals surface area contributed by atoms with Crippen molar-refractivity contribution < 1.29 is 25.5 Å². The summed E-state index contributed by atoms with van der Waals surface area (Å²) < 4.78 is 0. The average Bonchev–Trinajstić information content (AvgIpc) is 2.60. The van der Waals surface area contributed by atoms with Gasteiger partial charge in [0.15, 0.2) is 0 Å². The van der Waals surface area contributed by atoms with E-state index < -0.39 is 30.5 Å². The van der Waals surface area contributed by atoms with Crippen LogP contribution < -0.4 is 0 Å². The molecule has 0 aromatic heterocycles. The van der Waals surface area contributed by atoms with E-state index in [1.165, 1.54) is 0 Å². The Balaban J connectivity index is 2.36. The van der Waals surface area contributed by atoms with Gasteiger partial charge in [0, 0.05) is 0 Å². The lowest BCUT2D eigenvalue weighted by atomic mass is 9.69. The van der Waals surface area contributed by atoms with Gasteiger partial charge in [0.05, 0.1) is 6.61 Å². The zero-order chi connectivity index (χ0) is 16.2. The van der Waals surface area contributed by atoms with Crippen LogP contribution in [0.15, 0.2) is 30.3 Å². The van der Waals surface area contributed by atoms with Gasteiger partial charge in [0.1, 0.15) is 23.9 Å². The van der Waals surface area contributed by atoms with Crippen LogP contribution >= 0.6 is 0 Å². The molecule has 0 spiro atoms. The second-order valence-electron chi connectivity index (χ2n) is 6.21. The predicted octanol–water partition coefficient (Wildman–Crippen LogP) is 0.529. The molecule has 1 saturated carbocycles. The summed E-state index contributed by atoms with van der Waals surface area (Å²) in [4.78, 5) is 0. The summed E-state index contributed by atoms with van der Waals surface area (Å²) in [6.07, 6.45) is -0.143. The molecule has 0 aliphatic heterocycles. The highest BCUT2D eigenvalue weighted by Gasteiger charge is 2.49. The molecule has 1 aliphatic carbocycles. The van der Waals surface area contributed by atoms with Crippen LogP contribution in [0.3, 0.4) is 0 Å². The monoisotopic (exact) mass is 310 g/mol. The molecule has 0 saturated heterocycles. The Labute approximate surface area is 130 Å². The van der Waals surface area contributed by atoms with Gasteiger partial charge in [-0.05, 0) is 24.3 Å². The summed E-state index contributed by atoms with van der Waals surface area (Å²) in [5, 5.41) is 50.6. The number of aliphatic hydroxyl groups excluding tert-OH is 4. The van der Waals surface area contributed by atoms with Gasteiger partial charge in [0.25, 0.3) is 0 Å². The molecule has 5 N–H and O–H groups in total. The summed E-state index contributed by atoms with van der Waals surface area (Å²) >= 11 is 0. The molecular formula is C17H26O5. The molecular weight excluding hydrogens is 284 g/mol. The molecule has 2 rings (SSSR count). The Morgan fingerprint density at radius 1 is 1.00 bits per heavy atom. The van der Waals surface area contributed by atoms with Crippen LogP contribution in [0.4, 0.5) is 0 Å². The minimum atomic E-state index is -1.64. The maximum Gasteiger partial charge on any atom is 0.121 e. The molecule has 5 heteroatoms. The molecule has 0 heterocycles. The van der Waals surface area contributed by atoms with Crippen molar-refractivity contribution >= 4 is 0 Å². The van der Waals surface area contributed by atoms with Crippen molar-refractivity contribution in [2.45, 2.75) is 56.0 Å². The molecule has 4 atom stereocenters. The Hall–Kier alpha value is -0.980. The summed E-state index contributed by atoms with van der Waals surface area (Å²) in [5.74, 6) is -0.195. The van der Waals surface area contributed by atoms with Gasteiger partial charge in [-0.25, -0.2) is 0 Å². The molecule has 22 heavy (non-hydrogen) atoms. The second kappa shape index (κ2) is 7.53. The van der Waals surface area contributed by atoms with Crippen LogP contribution in [-0.4, -0.2) is 50.5 Å². The lowest BCUT2D eigenvalue weighted by Crippen LogP contribution is -2.55. The molecule has 1 aromatic carbocycles. The highest BCUT2D eigenvalue weighted by Crippen LogP contribution is 2.42. The molecule has 0 radical (unpaired) electrons. The van der Waals surface area contributed by atoms with E-state index in [2.05, 4.69) is 0 Å². The van der Waals surface area contributed by atoms with E-state index in [4.69, 9.17) is 5.11 Å². The van der Waals surface area contributed by atoms with Crippen molar-refractivity contribution in [1.29, 1.82) is 0 Å².